The molecule has 0 radical (unpaired) electrons. The van der Waals surface area contributed by atoms with Crippen LogP contribution in [0.15, 0.2) is 24.3 Å². The molecule has 1 atom stereocenters. The first-order chi connectivity index (χ1) is 9.13. The minimum Gasteiger partial charge on any atom is -0.491 e. The number of piperazine rings is 1. The maximum Gasteiger partial charge on any atom is 0.119 e. The summed E-state index contributed by atoms with van der Waals surface area (Å²) < 4.78 is 5.60. The quantitative estimate of drug-likeness (QED) is 0.860. The Kier molecular flexibility index (Phi) is 5.19. The van der Waals surface area contributed by atoms with Gasteiger partial charge in [-0.3, -0.25) is 4.90 Å². The van der Waals surface area contributed by atoms with Gasteiger partial charge in [0.15, 0.2) is 0 Å². The van der Waals surface area contributed by atoms with Gasteiger partial charge in [-0.25, -0.2) is 0 Å². The van der Waals surface area contributed by atoms with Crippen molar-refractivity contribution in [1.29, 1.82) is 0 Å². The highest BCUT2D eigenvalue weighted by Crippen LogP contribution is 2.11. The van der Waals surface area contributed by atoms with E-state index in [-0.39, 0.29) is 0 Å². The molecule has 0 unspecified atom stereocenters. The number of aliphatic hydroxyl groups excluding tert-OH is 1. The molecule has 1 heterocycles. The summed E-state index contributed by atoms with van der Waals surface area (Å²) in [5.41, 5.74) is 1.21. The van der Waals surface area contributed by atoms with Crippen LogP contribution in [0.1, 0.15) is 5.56 Å². The molecule has 1 aromatic rings. The number of aliphatic hydroxyl groups is 1. The summed E-state index contributed by atoms with van der Waals surface area (Å²) in [5.74, 6) is 0.822. The van der Waals surface area contributed by atoms with Crippen molar-refractivity contribution < 1.29 is 9.84 Å². The Morgan fingerprint density at radius 1 is 1.16 bits per heavy atom. The van der Waals surface area contributed by atoms with Crippen molar-refractivity contribution in [1.82, 2.24) is 9.80 Å². The lowest BCUT2D eigenvalue weighted by Gasteiger charge is -2.33. The van der Waals surface area contributed by atoms with Crippen LogP contribution in [0.2, 0.25) is 0 Å². The Hall–Kier alpha value is -1.10. The van der Waals surface area contributed by atoms with Crippen molar-refractivity contribution >= 4 is 0 Å². The zero-order valence-electron chi connectivity index (χ0n) is 11.9. The van der Waals surface area contributed by atoms with E-state index >= 15 is 0 Å². The monoisotopic (exact) mass is 264 g/mol. The van der Waals surface area contributed by atoms with Crippen LogP contribution in [0.5, 0.6) is 5.75 Å². The highest BCUT2D eigenvalue weighted by Gasteiger charge is 2.17. The van der Waals surface area contributed by atoms with E-state index in [2.05, 4.69) is 16.8 Å². The molecule has 1 N–H and O–H groups in total. The standard InChI is InChI=1S/C15H24N2O2/c1-13-3-5-15(6-4-13)19-12-14(18)11-17-9-7-16(2)8-10-17/h3-6,14,18H,7-12H2,1-2H3/t14-/m1/s1. The number of hydrogen-bond donors (Lipinski definition) is 1. The highest BCUT2D eigenvalue weighted by atomic mass is 16.5. The first kappa shape index (κ1) is 14.3. The van der Waals surface area contributed by atoms with Gasteiger partial charge < -0.3 is 14.7 Å². The van der Waals surface area contributed by atoms with Crippen LogP contribution in [0.4, 0.5) is 0 Å². The lowest BCUT2D eigenvalue weighted by Crippen LogP contribution is -2.47. The third-order valence-corrected chi connectivity index (χ3v) is 3.53. The molecular weight excluding hydrogens is 240 g/mol. The zero-order valence-corrected chi connectivity index (χ0v) is 11.9. The molecule has 4 nitrogen and oxygen atoms in total. The number of β-amino-alcohol motifs (C(OH)–C–C–N with tert-alkyl or cyclic N) is 1. The number of benzene rings is 1. The zero-order chi connectivity index (χ0) is 13.7. The molecule has 0 aromatic heterocycles. The van der Waals surface area contributed by atoms with E-state index in [1.807, 2.05) is 31.2 Å². The van der Waals surface area contributed by atoms with Gasteiger partial charge in [-0.15, -0.1) is 0 Å². The van der Waals surface area contributed by atoms with Gasteiger partial charge in [0.25, 0.3) is 0 Å². The molecule has 0 bridgehead atoms. The molecule has 0 saturated carbocycles. The molecule has 1 aromatic carbocycles. The van der Waals surface area contributed by atoms with E-state index in [0.717, 1.165) is 31.9 Å². The van der Waals surface area contributed by atoms with Gasteiger partial charge in [-0.1, -0.05) is 17.7 Å². The van der Waals surface area contributed by atoms with Gasteiger partial charge in [0.1, 0.15) is 18.5 Å². The molecule has 106 valence electrons. The van der Waals surface area contributed by atoms with Crippen molar-refractivity contribution in [3.05, 3.63) is 29.8 Å². The van der Waals surface area contributed by atoms with E-state index in [1.165, 1.54) is 5.56 Å². The van der Waals surface area contributed by atoms with Crippen LogP contribution < -0.4 is 4.74 Å². The van der Waals surface area contributed by atoms with Crippen LogP contribution in [-0.2, 0) is 0 Å². The van der Waals surface area contributed by atoms with Crippen molar-refractivity contribution in [2.75, 3.05) is 46.4 Å². The summed E-state index contributed by atoms with van der Waals surface area (Å²) in [5, 5.41) is 10.0. The average Bonchev–Trinajstić information content (AvgIpc) is 2.41. The molecule has 0 amide bonds. The second-order valence-electron chi connectivity index (χ2n) is 5.38. The van der Waals surface area contributed by atoms with E-state index < -0.39 is 6.10 Å². The predicted octanol–water partition coefficient (Wildman–Crippen LogP) is 0.982. The number of likely N-dealkylation sites (N-methyl/N-ethyl adjacent to an activating group) is 1. The van der Waals surface area contributed by atoms with Crippen LogP contribution >= 0.6 is 0 Å². The number of rotatable bonds is 5. The predicted molar refractivity (Wildman–Crippen MR) is 76.6 cm³/mol. The first-order valence-corrected chi connectivity index (χ1v) is 6.92. The Bertz CT molecular complexity index is 372. The first-order valence-electron chi connectivity index (χ1n) is 6.92. The topological polar surface area (TPSA) is 35.9 Å². The Labute approximate surface area is 115 Å². The van der Waals surface area contributed by atoms with Crippen molar-refractivity contribution in [2.45, 2.75) is 13.0 Å². The summed E-state index contributed by atoms with van der Waals surface area (Å²) in [7, 11) is 2.13. The van der Waals surface area contributed by atoms with E-state index in [0.29, 0.717) is 13.2 Å². The van der Waals surface area contributed by atoms with Gasteiger partial charge in [0.05, 0.1) is 0 Å². The Balaban J connectivity index is 1.69. The molecule has 19 heavy (non-hydrogen) atoms. The minimum absolute atomic E-state index is 0.357. The third-order valence-electron chi connectivity index (χ3n) is 3.53. The van der Waals surface area contributed by atoms with Gasteiger partial charge in [-0.05, 0) is 26.1 Å². The average molecular weight is 264 g/mol. The van der Waals surface area contributed by atoms with Crippen molar-refractivity contribution in [3.8, 4) is 5.75 Å². The SMILES string of the molecule is Cc1ccc(OC[C@H](O)CN2CCN(C)CC2)cc1. The van der Waals surface area contributed by atoms with Crippen LogP contribution in [0.3, 0.4) is 0 Å². The fraction of sp³-hybridized carbons (Fsp3) is 0.600. The molecule has 1 aliphatic rings. The van der Waals surface area contributed by atoms with Gasteiger partial charge in [-0.2, -0.15) is 0 Å². The van der Waals surface area contributed by atoms with Crippen LogP contribution in [-0.4, -0.2) is 67.4 Å². The number of aryl methyl sites for hydroxylation is 1. The second-order valence-corrected chi connectivity index (χ2v) is 5.38. The van der Waals surface area contributed by atoms with Crippen LogP contribution in [0.25, 0.3) is 0 Å². The number of ether oxygens (including phenoxy) is 1. The minimum atomic E-state index is -0.426. The van der Waals surface area contributed by atoms with Gasteiger partial charge in [0.2, 0.25) is 0 Å². The Morgan fingerprint density at radius 2 is 1.79 bits per heavy atom. The molecule has 1 fully saturated rings. The third kappa shape index (κ3) is 4.82. The molecule has 2 rings (SSSR count). The maximum absolute atomic E-state index is 10.0. The fourth-order valence-electron chi connectivity index (χ4n) is 2.21. The largest absolute Gasteiger partial charge is 0.491 e. The van der Waals surface area contributed by atoms with Gasteiger partial charge >= 0.3 is 0 Å². The molecular formula is C15H24N2O2. The van der Waals surface area contributed by atoms with E-state index in [9.17, 15) is 5.11 Å². The summed E-state index contributed by atoms with van der Waals surface area (Å²) in [6.07, 6.45) is -0.426. The summed E-state index contributed by atoms with van der Waals surface area (Å²) in [4.78, 5) is 4.61. The number of hydrogen-bond acceptors (Lipinski definition) is 4. The van der Waals surface area contributed by atoms with Gasteiger partial charge in [0, 0.05) is 32.7 Å². The normalized spacial score (nSPS) is 19.3. The van der Waals surface area contributed by atoms with Crippen LogP contribution in [0, 0.1) is 6.92 Å². The second kappa shape index (κ2) is 6.89. The summed E-state index contributed by atoms with van der Waals surface area (Å²) in [6.45, 7) is 7.30. The summed E-state index contributed by atoms with van der Waals surface area (Å²) in [6, 6.07) is 7.92. The van der Waals surface area contributed by atoms with Crippen molar-refractivity contribution in [2.24, 2.45) is 0 Å². The lowest BCUT2D eigenvalue weighted by atomic mass is 10.2. The smallest absolute Gasteiger partial charge is 0.119 e. The maximum atomic E-state index is 10.0. The molecule has 1 saturated heterocycles. The molecule has 0 aliphatic carbocycles. The Morgan fingerprint density at radius 3 is 2.42 bits per heavy atom. The highest BCUT2D eigenvalue weighted by molar-refractivity contribution is 5.26. The van der Waals surface area contributed by atoms with E-state index in [4.69, 9.17) is 4.74 Å². The van der Waals surface area contributed by atoms with E-state index in [1.54, 1.807) is 0 Å². The summed E-state index contributed by atoms with van der Waals surface area (Å²) >= 11 is 0. The molecule has 1 aliphatic heterocycles. The fourth-order valence-corrected chi connectivity index (χ4v) is 2.21. The number of nitrogens with zero attached hydrogens (tertiary/aromatic N) is 2. The lowest BCUT2D eigenvalue weighted by molar-refractivity contribution is 0.0505. The van der Waals surface area contributed by atoms with Crippen molar-refractivity contribution in [3.63, 3.8) is 0 Å². The molecule has 4 heteroatoms. The molecule has 0 spiro atoms.